The summed E-state index contributed by atoms with van der Waals surface area (Å²) in [6, 6.07) is 8.12. The third kappa shape index (κ3) is 6.90. The molecule has 1 heterocycles. The molecule has 9 heteroatoms. The number of piperazine rings is 1. The largest absolute Gasteiger partial charge is 0.490 e. The first-order valence-electron chi connectivity index (χ1n) is 9.10. The maximum Gasteiger partial charge on any atom is 0.308 e. The molecular formula is C19H24N2O7. The summed E-state index contributed by atoms with van der Waals surface area (Å²) in [6.07, 6.45) is -0.196. The Hall–Kier alpha value is -3.10. The van der Waals surface area contributed by atoms with Crippen molar-refractivity contribution in [3.63, 3.8) is 0 Å². The first kappa shape index (κ1) is 21.2. The van der Waals surface area contributed by atoms with Gasteiger partial charge in [0, 0.05) is 25.9 Å². The van der Waals surface area contributed by atoms with E-state index in [0.717, 1.165) is 0 Å². The monoisotopic (exact) mass is 392 g/mol. The second kappa shape index (κ2) is 10.9. The van der Waals surface area contributed by atoms with Crippen LogP contribution in [0.4, 0.5) is 0 Å². The third-order valence-electron chi connectivity index (χ3n) is 4.15. The van der Waals surface area contributed by atoms with E-state index in [0.29, 0.717) is 12.3 Å². The van der Waals surface area contributed by atoms with Crippen LogP contribution in [0.3, 0.4) is 0 Å². The summed E-state index contributed by atoms with van der Waals surface area (Å²) in [5, 5.41) is 11.3. The highest BCUT2D eigenvalue weighted by Crippen LogP contribution is 2.13. The number of carbonyl (C=O) groups is 4. The number of hydrogen-bond donors (Lipinski definition) is 2. The number of para-hydroxylation sites is 1. The van der Waals surface area contributed by atoms with E-state index < -0.39 is 23.9 Å². The van der Waals surface area contributed by atoms with Crippen LogP contribution in [0.2, 0.25) is 0 Å². The van der Waals surface area contributed by atoms with Crippen LogP contribution in [0.5, 0.6) is 5.75 Å². The van der Waals surface area contributed by atoms with Gasteiger partial charge in [0.1, 0.15) is 25.0 Å². The summed E-state index contributed by atoms with van der Waals surface area (Å²) in [5.74, 6) is -1.70. The van der Waals surface area contributed by atoms with E-state index in [1.165, 1.54) is 4.90 Å². The fourth-order valence-electron chi connectivity index (χ4n) is 2.80. The molecule has 1 aliphatic rings. The maximum absolute atomic E-state index is 12.3. The van der Waals surface area contributed by atoms with Crippen LogP contribution in [0.15, 0.2) is 30.3 Å². The second-order valence-electron chi connectivity index (χ2n) is 6.23. The molecule has 0 spiro atoms. The lowest BCUT2D eigenvalue weighted by Crippen LogP contribution is -2.57. The van der Waals surface area contributed by atoms with Crippen molar-refractivity contribution in [1.82, 2.24) is 10.2 Å². The van der Waals surface area contributed by atoms with Gasteiger partial charge < -0.3 is 24.8 Å². The van der Waals surface area contributed by atoms with Gasteiger partial charge in [-0.3, -0.25) is 19.2 Å². The van der Waals surface area contributed by atoms with E-state index in [4.69, 9.17) is 14.6 Å². The highest BCUT2D eigenvalue weighted by molar-refractivity contribution is 5.92. The Morgan fingerprint density at radius 2 is 1.89 bits per heavy atom. The van der Waals surface area contributed by atoms with Crippen molar-refractivity contribution < 1.29 is 33.8 Å². The van der Waals surface area contributed by atoms with E-state index in [1.807, 2.05) is 18.2 Å². The standard InChI is InChI=1S/C19H24N2O7/c22-16(7-4-8-17(23)24)21-10-9-20-19(26)15(21)13-18(25)28-12-11-27-14-5-2-1-3-6-14/h1-3,5-6,15H,4,7-13H2,(H,20,26)(H,23,24)/t15-/m0/s1. The van der Waals surface area contributed by atoms with E-state index in [-0.39, 0.29) is 51.3 Å². The van der Waals surface area contributed by atoms with Gasteiger partial charge in [0.25, 0.3) is 0 Å². The number of esters is 1. The maximum atomic E-state index is 12.3. The van der Waals surface area contributed by atoms with Gasteiger partial charge in [-0.1, -0.05) is 18.2 Å². The fourth-order valence-corrected chi connectivity index (χ4v) is 2.80. The molecule has 2 rings (SSSR count). The smallest absolute Gasteiger partial charge is 0.308 e. The van der Waals surface area contributed by atoms with E-state index >= 15 is 0 Å². The summed E-state index contributed by atoms with van der Waals surface area (Å²) in [5.41, 5.74) is 0. The normalized spacial score (nSPS) is 16.2. The molecule has 0 aromatic heterocycles. The van der Waals surface area contributed by atoms with Crippen LogP contribution < -0.4 is 10.1 Å². The molecule has 1 atom stereocenters. The summed E-state index contributed by atoms with van der Waals surface area (Å²) < 4.78 is 10.5. The Balaban J connectivity index is 1.78. The Kier molecular flexibility index (Phi) is 8.26. The Labute approximate surface area is 162 Å². The van der Waals surface area contributed by atoms with Gasteiger partial charge >= 0.3 is 11.9 Å². The van der Waals surface area contributed by atoms with Crippen molar-refractivity contribution in [2.75, 3.05) is 26.3 Å². The van der Waals surface area contributed by atoms with Crippen LogP contribution in [0.1, 0.15) is 25.7 Å². The number of ether oxygens (including phenoxy) is 2. The predicted molar refractivity (Wildman–Crippen MR) is 97.5 cm³/mol. The number of carboxylic acids is 1. The van der Waals surface area contributed by atoms with Gasteiger partial charge in [0.2, 0.25) is 11.8 Å². The quantitative estimate of drug-likeness (QED) is 0.441. The summed E-state index contributed by atoms with van der Waals surface area (Å²) in [4.78, 5) is 48.4. The molecule has 152 valence electrons. The highest BCUT2D eigenvalue weighted by atomic mass is 16.6. The number of aliphatic carboxylic acids is 1. The van der Waals surface area contributed by atoms with Crippen molar-refractivity contribution in [3.05, 3.63) is 30.3 Å². The lowest BCUT2D eigenvalue weighted by atomic mass is 10.1. The molecule has 1 saturated heterocycles. The Morgan fingerprint density at radius 3 is 2.61 bits per heavy atom. The van der Waals surface area contributed by atoms with Gasteiger partial charge in [0.15, 0.2) is 0 Å². The molecule has 0 aliphatic carbocycles. The first-order valence-corrected chi connectivity index (χ1v) is 9.10. The first-order chi connectivity index (χ1) is 13.5. The zero-order chi connectivity index (χ0) is 20.4. The van der Waals surface area contributed by atoms with Gasteiger partial charge in [0.05, 0.1) is 6.42 Å². The Morgan fingerprint density at radius 1 is 1.14 bits per heavy atom. The number of rotatable bonds is 10. The average Bonchev–Trinajstić information content (AvgIpc) is 2.67. The molecule has 0 saturated carbocycles. The minimum atomic E-state index is -0.984. The van der Waals surface area contributed by atoms with Gasteiger partial charge in [-0.15, -0.1) is 0 Å². The van der Waals surface area contributed by atoms with Crippen LogP contribution in [0.25, 0.3) is 0 Å². The SMILES string of the molecule is O=C(O)CCCC(=O)N1CCNC(=O)[C@@H]1CC(=O)OCCOc1ccccc1. The molecule has 0 bridgehead atoms. The number of carboxylic acid groups (broad SMARTS) is 1. The molecule has 2 N–H and O–H groups in total. The topological polar surface area (TPSA) is 122 Å². The summed E-state index contributed by atoms with van der Waals surface area (Å²) >= 11 is 0. The van der Waals surface area contributed by atoms with E-state index in [9.17, 15) is 19.2 Å². The molecule has 28 heavy (non-hydrogen) atoms. The third-order valence-corrected chi connectivity index (χ3v) is 4.15. The van der Waals surface area contributed by atoms with Crippen LogP contribution in [0, 0.1) is 0 Å². The Bertz CT molecular complexity index is 693. The fraction of sp³-hybridized carbons (Fsp3) is 0.474. The predicted octanol–water partition coefficient (Wildman–Crippen LogP) is 0.581. The van der Waals surface area contributed by atoms with Crippen molar-refractivity contribution in [2.45, 2.75) is 31.7 Å². The second-order valence-corrected chi connectivity index (χ2v) is 6.23. The van der Waals surface area contributed by atoms with Crippen molar-refractivity contribution >= 4 is 23.8 Å². The van der Waals surface area contributed by atoms with Crippen LogP contribution in [-0.2, 0) is 23.9 Å². The van der Waals surface area contributed by atoms with Crippen LogP contribution in [-0.4, -0.2) is 66.1 Å². The highest BCUT2D eigenvalue weighted by Gasteiger charge is 2.34. The van der Waals surface area contributed by atoms with Crippen molar-refractivity contribution in [1.29, 1.82) is 0 Å². The van der Waals surface area contributed by atoms with Crippen LogP contribution >= 0.6 is 0 Å². The number of hydrogen-bond acceptors (Lipinski definition) is 6. The minimum absolute atomic E-state index is 0.00996. The number of benzene rings is 1. The molecule has 0 unspecified atom stereocenters. The van der Waals surface area contributed by atoms with Gasteiger partial charge in [-0.25, -0.2) is 0 Å². The molecule has 1 aromatic carbocycles. The zero-order valence-corrected chi connectivity index (χ0v) is 15.5. The molecule has 9 nitrogen and oxygen atoms in total. The van der Waals surface area contributed by atoms with Gasteiger partial charge in [-0.05, 0) is 18.6 Å². The molecular weight excluding hydrogens is 368 g/mol. The lowest BCUT2D eigenvalue weighted by molar-refractivity contribution is -0.152. The average molecular weight is 392 g/mol. The number of nitrogens with one attached hydrogen (secondary N) is 1. The number of nitrogens with zero attached hydrogens (tertiary/aromatic N) is 1. The summed E-state index contributed by atoms with van der Waals surface area (Å²) in [6.45, 7) is 0.756. The molecule has 1 fully saturated rings. The molecule has 2 amide bonds. The van der Waals surface area contributed by atoms with Gasteiger partial charge in [-0.2, -0.15) is 0 Å². The van der Waals surface area contributed by atoms with E-state index in [1.54, 1.807) is 12.1 Å². The lowest BCUT2D eigenvalue weighted by Gasteiger charge is -2.34. The molecule has 0 radical (unpaired) electrons. The molecule has 1 aromatic rings. The molecule has 1 aliphatic heterocycles. The van der Waals surface area contributed by atoms with Crippen molar-refractivity contribution in [2.24, 2.45) is 0 Å². The van der Waals surface area contributed by atoms with Crippen molar-refractivity contribution in [3.8, 4) is 5.75 Å². The zero-order valence-electron chi connectivity index (χ0n) is 15.5. The van der Waals surface area contributed by atoms with E-state index in [2.05, 4.69) is 5.32 Å². The number of amides is 2. The number of carbonyl (C=O) groups excluding carboxylic acids is 3. The summed E-state index contributed by atoms with van der Waals surface area (Å²) in [7, 11) is 0. The minimum Gasteiger partial charge on any atom is -0.490 e.